The first-order chi connectivity index (χ1) is 15.2. The molecule has 154 valence electrons. The van der Waals surface area contributed by atoms with Gasteiger partial charge in [0.05, 0.1) is 16.9 Å². The van der Waals surface area contributed by atoms with Crippen LogP contribution in [0.5, 0.6) is 0 Å². The summed E-state index contributed by atoms with van der Waals surface area (Å²) in [7, 11) is 0. The summed E-state index contributed by atoms with van der Waals surface area (Å²) in [6, 6.07) is 15.1. The number of carbonyl (C=O) groups is 2. The van der Waals surface area contributed by atoms with Crippen molar-refractivity contribution in [3.8, 4) is 11.3 Å². The molecular weight excluding hydrogens is 410 g/mol. The molecular formula is C23H19N5O2S. The number of pyridine rings is 1. The lowest BCUT2D eigenvalue weighted by atomic mass is 9.95. The molecule has 3 heterocycles. The van der Waals surface area contributed by atoms with Gasteiger partial charge < -0.3 is 15.6 Å². The molecule has 5 rings (SSSR count). The minimum atomic E-state index is -0.311. The van der Waals surface area contributed by atoms with Crippen LogP contribution < -0.4 is 10.6 Å². The number of hydrogen-bond donors (Lipinski definition) is 3. The van der Waals surface area contributed by atoms with Crippen LogP contribution in [-0.2, 0) is 6.42 Å². The Kier molecular flexibility index (Phi) is 5.05. The fourth-order valence-corrected chi connectivity index (χ4v) is 4.28. The molecule has 8 heteroatoms. The third kappa shape index (κ3) is 3.85. The molecule has 0 bridgehead atoms. The highest BCUT2D eigenvalue weighted by molar-refractivity contribution is 7.03. The number of benzene rings is 1. The predicted octanol–water partition coefficient (Wildman–Crippen LogP) is 5.05. The largest absolute Gasteiger partial charge is 0.356 e. The first-order valence-electron chi connectivity index (χ1n) is 9.97. The van der Waals surface area contributed by atoms with Crippen molar-refractivity contribution in [3.63, 3.8) is 0 Å². The van der Waals surface area contributed by atoms with Crippen molar-refractivity contribution < 1.29 is 9.59 Å². The molecule has 1 aliphatic rings. The third-order valence-electron chi connectivity index (χ3n) is 5.19. The van der Waals surface area contributed by atoms with E-state index in [1.165, 1.54) is 11.5 Å². The molecule has 1 amide bonds. The van der Waals surface area contributed by atoms with Gasteiger partial charge in [-0.2, -0.15) is 4.37 Å². The summed E-state index contributed by atoms with van der Waals surface area (Å²) in [5.74, 6) is 0.239. The predicted molar refractivity (Wildman–Crippen MR) is 121 cm³/mol. The van der Waals surface area contributed by atoms with Gasteiger partial charge >= 0.3 is 0 Å². The smallest absolute Gasteiger partial charge is 0.276 e. The minimum absolute atomic E-state index is 0.133. The number of nitrogens with one attached hydrogen (secondary N) is 3. The maximum absolute atomic E-state index is 12.7. The number of aromatic nitrogens is 3. The fraction of sp³-hybridized carbons (Fsp3) is 0.130. The van der Waals surface area contributed by atoms with E-state index in [1.54, 1.807) is 23.7 Å². The van der Waals surface area contributed by atoms with E-state index in [2.05, 4.69) is 25.0 Å². The summed E-state index contributed by atoms with van der Waals surface area (Å²) in [6.45, 7) is 0. The van der Waals surface area contributed by atoms with Gasteiger partial charge in [-0.3, -0.25) is 9.59 Å². The van der Waals surface area contributed by atoms with Gasteiger partial charge in [0.15, 0.2) is 5.78 Å². The molecule has 3 aromatic heterocycles. The van der Waals surface area contributed by atoms with Gasteiger partial charge in [0.2, 0.25) is 0 Å². The summed E-state index contributed by atoms with van der Waals surface area (Å²) in [4.78, 5) is 32.8. The van der Waals surface area contributed by atoms with Crippen molar-refractivity contribution in [2.75, 3.05) is 10.6 Å². The van der Waals surface area contributed by atoms with Gasteiger partial charge in [-0.25, -0.2) is 4.98 Å². The van der Waals surface area contributed by atoms with Crippen LogP contribution in [0, 0.1) is 0 Å². The van der Waals surface area contributed by atoms with Crippen molar-refractivity contribution in [1.82, 2.24) is 14.3 Å². The lowest BCUT2D eigenvalue weighted by molar-refractivity contribution is 0.0972. The maximum Gasteiger partial charge on any atom is 0.276 e. The second kappa shape index (κ2) is 8.16. The Morgan fingerprint density at radius 3 is 2.77 bits per heavy atom. The standard InChI is InChI=1S/C23H19N5O2S/c29-18-8-4-7-16-20(18)22(25-15-5-2-1-3-6-15)21(26-16)14-9-11-24-19(13-14)27-23(30)17-10-12-31-28-17/h1-3,5-6,9-13,25-26H,4,7-8H2,(H,24,27,30). The maximum atomic E-state index is 12.7. The van der Waals surface area contributed by atoms with Crippen LogP contribution in [0.2, 0.25) is 0 Å². The van der Waals surface area contributed by atoms with E-state index in [4.69, 9.17) is 0 Å². The summed E-state index contributed by atoms with van der Waals surface area (Å²) in [6.07, 6.45) is 3.84. The number of fused-ring (bicyclic) bond motifs is 1. The topological polar surface area (TPSA) is 99.8 Å². The third-order valence-corrected chi connectivity index (χ3v) is 5.75. The van der Waals surface area contributed by atoms with Gasteiger partial charge in [-0.15, -0.1) is 0 Å². The van der Waals surface area contributed by atoms with E-state index in [1.807, 2.05) is 36.4 Å². The van der Waals surface area contributed by atoms with Gasteiger partial charge in [0, 0.05) is 34.9 Å². The van der Waals surface area contributed by atoms with Crippen molar-refractivity contribution >= 4 is 40.4 Å². The zero-order valence-corrected chi connectivity index (χ0v) is 17.3. The van der Waals surface area contributed by atoms with Crippen LogP contribution in [0.1, 0.15) is 39.4 Å². The fourth-order valence-electron chi connectivity index (χ4n) is 3.77. The summed E-state index contributed by atoms with van der Waals surface area (Å²) < 4.78 is 4.05. The minimum Gasteiger partial charge on any atom is -0.356 e. The number of aryl methyl sites for hydroxylation is 1. The van der Waals surface area contributed by atoms with Crippen LogP contribution in [0.3, 0.4) is 0 Å². The molecule has 0 fully saturated rings. The number of hydrogen-bond acceptors (Lipinski definition) is 6. The number of amides is 1. The summed E-state index contributed by atoms with van der Waals surface area (Å²) >= 11 is 1.22. The second-order valence-corrected chi connectivity index (χ2v) is 7.93. The molecule has 3 N–H and O–H groups in total. The number of rotatable bonds is 5. The van der Waals surface area contributed by atoms with Crippen LogP contribution in [-0.4, -0.2) is 26.0 Å². The van der Waals surface area contributed by atoms with Crippen LogP contribution in [0.15, 0.2) is 60.1 Å². The zero-order valence-electron chi connectivity index (χ0n) is 16.5. The number of Topliss-reactive ketones (excluding diaryl/α,β-unsaturated/α-hetero) is 1. The molecule has 0 aliphatic heterocycles. The number of aromatic amines is 1. The van der Waals surface area contributed by atoms with E-state index < -0.39 is 0 Å². The first kappa shape index (κ1) is 19.2. The number of nitrogens with zero attached hydrogens (tertiary/aromatic N) is 2. The molecule has 0 saturated heterocycles. The Bertz CT molecular complexity index is 1250. The Morgan fingerprint density at radius 2 is 1.97 bits per heavy atom. The van der Waals surface area contributed by atoms with Gasteiger partial charge in [-0.1, -0.05) is 18.2 Å². The first-order valence-corrected chi connectivity index (χ1v) is 10.8. The van der Waals surface area contributed by atoms with Crippen LogP contribution >= 0.6 is 11.5 Å². The van der Waals surface area contributed by atoms with Crippen molar-refractivity contribution in [2.24, 2.45) is 0 Å². The molecule has 31 heavy (non-hydrogen) atoms. The molecule has 0 saturated carbocycles. The van der Waals surface area contributed by atoms with Crippen molar-refractivity contribution in [1.29, 1.82) is 0 Å². The highest BCUT2D eigenvalue weighted by Crippen LogP contribution is 2.39. The zero-order chi connectivity index (χ0) is 21.2. The summed E-state index contributed by atoms with van der Waals surface area (Å²) in [5, 5.41) is 7.96. The van der Waals surface area contributed by atoms with E-state index in [-0.39, 0.29) is 11.7 Å². The Labute approximate surface area is 182 Å². The average Bonchev–Trinajstić information content (AvgIpc) is 3.44. The lowest BCUT2D eigenvalue weighted by Crippen LogP contribution is -2.13. The average molecular weight is 430 g/mol. The summed E-state index contributed by atoms with van der Waals surface area (Å²) in [5.41, 5.74) is 5.29. The number of carbonyl (C=O) groups excluding carboxylic acids is 2. The van der Waals surface area contributed by atoms with Crippen molar-refractivity contribution in [3.05, 3.63) is 77.1 Å². The molecule has 1 aromatic carbocycles. The van der Waals surface area contributed by atoms with Gasteiger partial charge in [-0.05, 0) is 54.7 Å². The van der Waals surface area contributed by atoms with E-state index in [9.17, 15) is 9.59 Å². The molecule has 0 unspecified atom stereocenters. The number of anilines is 3. The Balaban J connectivity index is 1.54. The molecule has 0 radical (unpaired) electrons. The van der Waals surface area contributed by atoms with Crippen molar-refractivity contribution in [2.45, 2.75) is 19.3 Å². The van der Waals surface area contributed by atoms with Gasteiger partial charge in [0.1, 0.15) is 11.5 Å². The highest BCUT2D eigenvalue weighted by Gasteiger charge is 2.27. The van der Waals surface area contributed by atoms with E-state index in [0.29, 0.717) is 17.9 Å². The second-order valence-electron chi connectivity index (χ2n) is 7.26. The SMILES string of the molecule is O=C(Nc1cc(-c2[nH]c3c(c2Nc2ccccc2)C(=O)CCC3)ccn1)c1ccsn1. The Hall–Kier alpha value is -3.78. The number of ketones is 1. The van der Waals surface area contributed by atoms with Crippen LogP contribution in [0.25, 0.3) is 11.3 Å². The molecule has 1 aliphatic carbocycles. The van der Waals surface area contributed by atoms with Crippen LogP contribution in [0.4, 0.5) is 17.2 Å². The Morgan fingerprint density at radius 1 is 1.10 bits per heavy atom. The monoisotopic (exact) mass is 429 g/mol. The number of H-pyrrole nitrogens is 1. The molecule has 7 nitrogen and oxygen atoms in total. The number of para-hydroxylation sites is 1. The van der Waals surface area contributed by atoms with Gasteiger partial charge in [0.25, 0.3) is 5.91 Å². The highest BCUT2D eigenvalue weighted by atomic mass is 32.1. The van der Waals surface area contributed by atoms with E-state index >= 15 is 0 Å². The van der Waals surface area contributed by atoms with E-state index in [0.717, 1.165) is 46.7 Å². The quantitative estimate of drug-likeness (QED) is 0.412. The molecule has 4 aromatic rings. The lowest BCUT2D eigenvalue weighted by Gasteiger charge is -2.14. The normalized spacial score (nSPS) is 13.0. The molecule has 0 atom stereocenters. The molecule has 0 spiro atoms.